The van der Waals surface area contributed by atoms with Gasteiger partial charge in [0.05, 0.1) is 24.2 Å². The summed E-state index contributed by atoms with van der Waals surface area (Å²) < 4.78 is 40.8. The summed E-state index contributed by atoms with van der Waals surface area (Å²) in [5.41, 5.74) is -0.787. The van der Waals surface area contributed by atoms with E-state index in [2.05, 4.69) is 15.7 Å². The zero-order valence-electron chi connectivity index (χ0n) is 14.3. The molecular weight excluding hydrogens is 381 g/mol. The molecule has 1 aliphatic heterocycles. The molecule has 9 heteroatoms. The summed E-state index contributed by atoms with van der Waals surface area (Å²) in [6.45, 7) is 1.24. The summed E-state index contributed by atoms with van der Waals surface area (Å²) in [4.78, 5) is 12.5. The second-order valence-corrected chi connectivity index (χ2v) is 7.57. The number of nitrogens with one attached hydrogen (secondary N) is 2. The van der Waals surface area contributed by atoms with Gasteiger partial charge in [0.15, 0.2) is 0 Å². The summed E-state index contributed by atoms with van der Waals surface area (Å²) >= 11 is 6.18. The van der Waals surface area contributed by atoms with Gasteiger partial charge in [-0.2, -0.15) is 18.3 Å². The first-order valence-corrected chi connectivity index (χ1v) is 9.07. The number of hydrogen-bond acceptors (Lipinski definition) is 3. The van der Waals surface area contributed by atoms with Crippen molar-refractivity contribution in [3.63, 3.8) is 0 Å². The topological polar surface area (TPSA) is 59.0 Å². The van der Waals surface area contributed by atoms with Crippen LogP contribution in [0.1, 0.15) is 24.0 Å². The van der Waals surface area contributed by atoms with Crippen LogP contribution in [0.2, 0.25) is 5.02 Å². The van der Waals surface area contributed by atoms with E-state index >= 15 is 0 Å². The minimum absolute atomic E-state index is 0.141. The molecule has 1 amide bonds. The van der Waals surface area contributed by atoms with E-state index in [1.54, 1.807) is 10.9 Å². The van der Waals surface area contributed by atoms with E-state index < -0.39 is 17.2 Å². The van der Waals surface area contributed by atoms with Crippen molar-refractivity contribution in [3.8, 4) is 0 Å². The van der Waals surface area contributed by atoms with E-state index in [9.17, 15) is 18.0 Å². The Labute approximate surface area is 158 Å². The first kappa shape index (κ1) is 18.2. The molecule has 144 valence electrons. The second kappa shape index (κ2) is 6.44. The van der Waals surface area contributed by atoms with E-state index in [1.165, 1.54) is 6.07 Å². The van der Waals surface area contributed by atoms with Gasteiger partial charge in [-0.05, 0) is 36.6 Å². The van der Waals surface area contributed by atoms with E-state index in [1.807, 2.05) is 6.07 Å². The number of fused-ring (bicyclic) bond motifs is 1. The lowest BCUT2D eigenvalue weighted by Crippen LogP contribution is -2.42. The number of benzene rings is 1. The molecule has 0 spiro atoms. The fraction of sp³-hybridized carbons (Fsp3) is 0.444. The molecule has 2 aromatic rings. The Morgan fingerprint density at radius 3 is 2.85 bits per heavy atom. The molecule has 1 fully saturated rings. The molecule has 0 bridgehead atoms. The van der Waals surface area contributed by atoms with Gasteiger partial charge in [0.2, 0.25) is 5.91 Å². The molecule has 1 atom stereocenters. The summed E-state index contributed by atoms with van der Waals surface area (Å²) in [6.07, 6.45) is -1.37. The molecule has 1 aromatic heterocycles. The molecule has 1 unspecified atom stereocenters. The number of halogens is 4. The van der Waals surface area contributed by atoms with Crippen LogP contribution in [-0.2, 0) is 22.9 Å². The number of aromatic nitrogens is 2. The lowest BCUT2D eigenvalue weighted by atomic mass is 9.93. The van der Waals surface area contributed by atoms with Gasteiger partial charge >= 0.3 is 6.18 Å². The highest BCUT2D eigenvalue weighted by Crippen LogP contribution is 2.51. The van der Waals surface area contributed by atoms with Crippen molar-refractivity contribution in [2.45, 2.75) is 31.0 Å². The third-order valence-electron chi connectivity index (χ3n) is 5.33. The number of carbonyl (C=O) groups excluding carboxylic acids is 1. The van der Waals surface area contributed by atoms with Crippen molar-refractivity contribution in [2.24, 2.45) is 5.92 Å². The van der Waals surface area contributed by atoms with Crippen LogP contribution < -0.4 is 10.6 Å². The smallest absolute Gasteiger partial charge is 0.369 e. The third kappa shape index (κ3) is 3.50. The zero-order chi connectivity index (χ0) is 19.2. The van der Waals surface area contributed by atoms with E-state index in [0.29, 0.717) is 36.5 Å². The molecule has 0 saturated heterocycles. The molecule has 27 heavy (non-hydrogen) atoms. The Hall–Kier alpha value is -2.22. The molecular formula is C18H18ClF3N4O. The highest BCUT2D eigenvalue weighted by Gasteiger charge is 2.47. The lowest BCUT2D eigenvalue weighted by Gasteiger charge is -2.26. The molecule has 0 radical (unpaired) electrons. The number of hydrogen-bond donors (Lipinski definition) is 2. The molecule has 1 saturated carbocycles. The van der Waals surface area contributed by atoms with Crippen molar-refractivity contribution in [3.05, 3.63) is 46.6 Å². The number of anilines is 1. The van der Waals surface area contributed by atoms with Gasteiger partial charge in [-0.3, -0.25) is 4.79 Å². The van der Waals surface area contributed by atoms with Crippen molar-refractivity contribution < 1.29 is 18.0 Å². The van der Waals surface area contributed by atoms with Gasteiger partial charge in [0.1, 0.15) is 5.82 Å². The predicted octanol–water partition coefficient (Wildman–Crippen LogP) is 3.45. The van der Waals surface area contributed by atoms with E-state index in [0.717, 1.165) is 18.0 Å². The van der Waals surface area contributed by atoms with Gasteiger partial charge < -0.3 is 10.6 Å². The Morgan fingerprint density at radius 1 is 1.37 bits per heavy atom. The summed E-state index contributed by atoms with van der Waals surface area (Å²) in [5, 5.41) is 10.5. The van der Waals surface area contributed by atoms with Crippen LogP contribution in [0.25, 0.3) is 0 Å². The molecule has 4 rings (SSSR count). The van der Waals surface area contributed by atoms with Crippen molar-refractivity contribution in [2.75, 3.05) is 18.4 Å². The van der Waals surface area contributed by atoms with Gasteiger partial charge in [-0.25, -0.2) is 4.68 Å². The third-order valence-corrected chi connectivity index (χ3v) is 5.66. The van der Waals surface area contributed by atoms with Crippen molar-refractivity contribution in [1.82, 2.24) is 15.1 Å². The van der Waals surface area contributed by atoms with Crippen LogP contribution in [0.4, 0.5) is 19.0 Å². The summed E-state index contributed by atoms with van der Waals surface area (Å²) in [5.74, 6) is 0.441. The average Bonchev–Trinajstić information content (AvgIpc) is 3.26. The normalized spacial score (nSPS) is 20.5. The number of amides is 1. The van der Waals surface area contributed by atoms with Crippen LogP contribution in [-0.4, -0.2) is 28.8 Å². The zero-order valence-corrected chi connectivity index (χ0v) is 15.1. The SMILES string of the molecule is O=C(NCC1(c2cc(C(F)(F)F)ccc2Cl)CC1)C1CNc2ccnn2C1. The number of rotatable bonds is 4. The van der Waals surface area contributed by atoms with Crippen molar-refractivity contribution >= 4 is 23.3 Å². The second-order valence-electron chi connectivity index (χ2n) is 7.17. The molecule has 2 heterocycles. The average molecular weight is 399 g/mol. The van der Waals surface area contributed by atoms with Gasteiger partial charge in [0.25, 0.3) is 0 Å². The van der Waals surface area contributed by atoms with Crippen molar-refractivity contribution in [1.29, 1.82) is 0 Å². The largest absolute Gasteiger partial charge is 0.416 e. The van der Waals surface area contributed by atoms with Crippen LogP contribution in [0, 0.1) is 5.92 Å². The van der Waals surface area contributed by atoms with Crippen LogP contribution >= 0.6 is 11.6 Å². The monoisotopic (exact) mass is 398 g/mol. The molecule has 1 aliphatic carbocycles. The maximum Gasteiger partial charge on any atom is 0.416 e. The van der Waals surface area contributed by atoms with Crippen LogP contribution in [0.5, 0.6) is 0 Å². The molecule has 5 nitrogen and oxygen atoms in total. The maximum atomic E-state index is 13.0. The Balaban J connectivity index is 1.45. The Morgan fingerprint density at radius 2 is 2.15 bits per heavy atom. The first-order valence-electron chi connectivity index (χ1n) is 8.69. The van der Waals surface area contributed by atoms with E-state index in [-0.39, 0.29) is 18.4 Å². The molecule has 1 aromatic carbocycles. The quantitative estimate of drug-likeness (QED) is 0.829. The highest BCUT2D eigenvalue weighted by molar-refractivity contribution is 6.31. The minimum Gasteiger partial charge on any atom is -0.369 e. The maximum absolute atomic E-state index is 13.0. The fourth-order valence-electron chi connectivity index (χ4n) is 3.51. The summed E-state index contributed by atoms with van der Waals surface area (Å²) in [6, 6.07) is 5.21. The predicted molar refractivity (Wildman–Crippen MR) is 94.6 cm³/mol. The van der Waals surface area contributed by atoms with E-state index in [4.69, 9.17) is 11.6 Å². The fourth-order valence-corrected chi connectivity index (χ4v) is 3.82. The summed E-state index contributed by atoms with van der Waals surface area (Å²) in [7, 11) is 0. The highest BCUT2D eigenvalue weighted by atomic mass is 35.5. The number of carbonyl (C=O) groups is 1. The van der Waals surface area contributed by atoms with Crippen LogP contribution in [0.3, 0.4) is 0 Å². The Kier molecular flexibility index (Phi) is 4.33. The Bertz CT molecular complexity index is 876. The van der Waals surface area contributed by atoms with Gasteiger partial charge in [0, 0.05) is 29.6 Å². The van der Waals surface area contributed by atoms with Crippen LogP contribution in [0.15, 0.2) is 30.5 Å². The van der Waals surface area contributed by atoms with Gasteiger partial charge in [-0.1, -0.05) is 11.6 Å². The molecule has 2 aliphatic rings. The minimum atomic E-state index is -4.42. The number of alkyl halides is 3. The standard InChI is InChI=1S/C18H18ClF3N4O/c19-14-2-1-12(18(20,21)22)7-13(14)17(4-5-17)10-24-16(27)11-8-23-15-3-6-25-26(15)9-11/h1-3,6-7,11,23H,4-5,8-10H2,(H,24,27). The number of nitrogens with zero attached hydrogens (tertiary/aromatic N) is 2. The van der Waals surface area contributed by atoms with Gasteiger partial charge in [-0.15, -0.1) is 0 Å². The first-order chi connectivity index (χ1) is 12.8. The molecule has 2 N–H and O–H groups in total. The lowest BCUT2D eigenvalue weighted by molar-refractivity contribution is -0.137.